The van der Waals surface area contributed by atoms with Crippen molar-refractivity contribution in [2.24, 2.45) is 41.4 Å². The quantitative estimate of drug-likeness (QED) is 0.565. The van der Waals surface area contributed by atoms with Gasteiger partial charge < -0.3 is 9.47 Å². The van der Waals surface area contributed by atoms with E-state index in [2.05, 4.69) is 19.1 Å². The fourth-order valence-electron chi connectivity index (χ4n) is 6.13. The van der Waals surface area contributed by atoms with Crippen molar-refractivity contribution in [2.45, 2.75) is 32.0 Å². The number of allylic oxidation sites excluding steroid dienone is 2. The predicted octanol–water partition coefficient (Wildman–Crippen LogP) is 2.74. The molecular formula is C16H24O2. The van der Waals surface area contributed by atoms with Gasteiger partial charge in [-0.25, -0.2) is 0 Å². The van der Waals surface area contributed by atoms with Crippen molar-refractivity contribution in [2.75, 3.05) is 14.2 Å². The lowest BCUT2D eigenvalue weighted by Crippen LogP contribution is -2.45. The molecule has 0 heterocycles. The van der Waals surface area contributed by atoms with Gasteiger partial charge in [-0.15, -0.1) is 0 Å². The number of fused-ring (bicyclic) bond motifs is 9. The summed E-state index contributed by atoms with van der Waals surface area (Å²) in [5.74, 6) is 5.88. The minimum atomic E-state index is 0.342. The summed E-state index contributed by atoms with van der Waals surface area (Å²) in [7, 11) is 3.75. The zero-order valence-electron chi connectivity index (χ0n) is 11.6. The van der Waals surface area contributed by atoms with Crippen molar-refractivity contribution < 1.29 is 9.47 Å². The molecule has 0 N–H and O–H groups in total. The second-order valence-corrected chi connectivity index (χ2v) is 6.88. The maximum absolute atomic E-state index is 5.89. The molecule has 4 bridgehead atoms. The summed E-state index contributed by atoms with van der Waals surface area (Å²) in [6.07, 6.45) is 8.60. The van der Waals surface area contributed by atoms with E-state index in [-0.39, 0.29) is 0 Å². The van der Waals surface area contributed by atoms with E-state index in [1.165, 1.54) is 12.8 Å². The lowest BCUT2D eigenvalue weighted by Gasteiger charge is -2.43. The Labute approximate surface area is 110 Å². The van der Waals surface area contributed by atoms with Gasteiger partial charge in [0.15, 0.2) is 0 Å². The minimum Gasteiger partial charge on any atom is -0.381 e. The second kappa shape index (κ2) is 3.83. The van der Waals surface area contributed by atoms with Gasteiger partial charge in [-0.2, -0.15) is 0 Å². The van der Waals surface area contributed by atoms with Gasteiger partial charge in [-0.3, -0.25) is 0 Å². The fourth-order valence-corrected chi connectivity index (χ4v) is 6.13. The molecule has 9 atom stereocenters. The summed E-state index contributed by atoms with van der Waals surface area (Å²) in [5.41, 5.74) is 0. The van der Waals surface area contributed by atoms with Crippen LogP contribution in [0.3, 0.4) is 0 Å². The van der Waals surface area contributed by atoms with E-state index >= 15 is 0 Å². The van der Waals surface area contributed by atoms with Crippen molar-refractivity contribution in [3.63, 3.8) is 0 Å². The lowest BCUT2D eigenvalue weighted by molar-refractivity contribution is -0.0827. The highest BCUT2D eigenvalue weighted by Gasteiger charge is 2.65. The van der Waals surface area contributed by atoms with E-state index in [9.17, 15) is 0 Å². The van der Waals surface area contributed by atoms with Crippen LogP contribution in [0, 0.1) is 41.4 Å². The molecule has 0 saturated heterocycles. The Morgan fingerprint density at radius 2 is 1.67 bits per heavy atom. The monoisotopic (exact) mass is 248 g/mol. The largest absolute Gasteiger partial charge is 0.381 e. The van der Waals surface area contributed by atoms with Crippen LogP contribution >= 0.6 is 0 Å². The molecule has 3 saturated carbocycles. The minimum absolute atomic E-state index is 0.342. The van der Waals surface area contributed by atoms with Gasteiger partial charge in [0.1, 0.15) is 0 Å². The number of hydrogen-bond donors (Lipinski definition) is 0. The Kier molecular flexibility index (Phi) is 2.44. The summed E-state index contributed by atoms with van der Waals surface area (Å²) in [4.78, 5) is 0. The molecule has 0 radical (unpaired) electrons. The van der Waals surface area contributed by atoms with Crippen LogP contribution in [0.2, 0.25) is 0 Å². The average molecular weight is 248 g/mol. The molecule has 0 aliphatic heterocycles. The van der Waals surface area contributed by atoms with Gasteiger partial charge in [0, 0.05) is 20.1 Å². The molecule has 9 unspecified atom stereocenters. The number of hydrogen-bond acceptors (Lipinski definition) is 2. The van der Waals surface area contributed by atoms with Gasteiger partial charge in [-0.1, -0.05) is 12.2 Å². The van der Waals surface area contributed by atoms with E-state index in [1.54, 1.807) is 0 Å². The first kappa shape index (κ1) is 11.5. The summed E-state index contributed by atoms with van der Waals surface area (Å²) >= 11 is 0. The number of methoxy groups -OCH3 is 2. The van der Waals surface area contributed by atoms with Gasteiger partial charge in [0.25, 0.3) is 0 Å². The van der Waals surface area contributed by atoms with E-state index in [0.29, 0.717) is 18.1 Å². The van der Waals surface area contributed by atoms with Gasteiger partial charge in [0.2, 0.25) is 0 Å². The van der Waals surface area contributed by atoms with E-state index in [1.807, 2.05) is 14.2 Å². The Bertz CT molecular complexity index is 377. The predicted molar refractivity (Wildman–Crippen MR) is 70.1 cm³/mol. The third kappa shape index (κ3) is 1.21. The average Bonchev–Trinajstić information content (AvgIpc) is 3.12. The Morgan fingerprint density at radius 1 is 1.00 bits per heavy atom. The molecule has 100 valence electrons. The normalized spacial score (nSPS) is 57.3. The summed E-state index contributed by atoms with van der Waals surface area (Å²) in [5, 5.41) is 0. The molecule has 2 heteroatoms. The Balaban J connectivity index is 1.68. The molecule has 0 aromatic carbocycles. The molecule has 0 amide bonds. The van der Waals surface area contributed by atoms with Crippen LogP contribution in [-0.4, -0.2) is 26.4 Å². The Hall–Kier alpha value is -0.340. The van der Waals surface area contributed by atoms with Crippen molar-refractivity contribution in [1.82, 2.24) is 0 Å². The van der Waals surface area contributed by atoms with Crippen LogP contribution in [0.25, 0.3) is 0 Å². The second-order valence-electron chi connectivity index (χ2n) is 6.88. The highest BCUT2D eigenvalue weighted by molar-refractivity contribution is 5.22. The van der Waals surface area contributed by atoms with Gasteiger partial charge in [-0.05, 0) is 55.3 Å². The zero-order valence-corrected chi connectivity index (χ0v) is 11.6. The van der Waals surface area contributed by atoms with Crippen molar-refractivity contribution in [3.05, 3.63) is 12.2 Å². The molecule has 0 aromatic rings. The van der Waals surface area contributed by atoms with E-state index in [4.69, 9.17) is 9.47 Å². The lowest BCUT2D eigenvalue weighted by atomic mass is 9.67. The summed E-state index contributed by atoms with van der Waals surface area (Å²) in [6, 6.07) is 0. The maximum atomic E-state index is 5.89. The molecule has 4 rings (SSSR count). The third-order valence-electron chi connectivity index (χ3n) is 6.60. The van der Waals surface area contributed by atoms with Crippen molar-refractivity contribution in [1.29, 1.82) is 0 Å². The molecule has 3 fully saturated rings. The van der Waals surface area contributed by atoms with Crippen LogP contribution in [0.15, 0.2) is 12.2 Å². The van der Waals surface area contributed by atoms with Crippen LogP contribution in [0.1, 0.15) is 19.8 Å². The molecule has 2 nitrogen and oxygen atoms in total. The molecule has 0 aromatic heterocycles. The summed E-state index contributed by atoms with van der Waals surface area (Å²) in [6.45, 7) is 2.23. The first-order valence-corrected chi connectivity index (χ1v) is 7.50. The molecule has 18 heavy (non-hydrogen) atoms. The van der Waals surface area contributed by atoms with Gasteiger partial charge in [0.05, 0.1) is 12.2 Å². The smallest absolute Gasteiger partial charge is 0.0658 e. The molecule has 4 aliphatic carbocycles. The van der Waals surface area contributed by atoms with E-state index < -0.39 is 0 Å². The number of ether oxygens (including phenoxy) is 2. The fraction of sp³-hybridized carbons (Fsp3) is 0.875. The van der Waals surface area contributed by atoms with Crippen molar-refractivity contribution in [3.8, 4) is 0 Å². The van der Waals surface area contributed by atoms with Gasteiger partial charge >= 0.3 is 0 Å². The van der Waals surface area contributed by atoms with Crippen LogP contribution in [0.4, 0.5) is 0 Å². The van der Waals surface area contributed by atoms with Crippen LogP contribution in [-0.2, 0) is 9.47 Å². The molecule has 0 spiro atoms. The number of rotatable bonds is 3. The van der Waals surface area contributed by atoms with Crippen LogP contribution < -0.4 is 0 Å². The first-order chi connectivity index (χ1) is 8.76. The maximum Gasteiger partial charge on any atom is 0.0658 e. The highest BCUT2D eigenvalue weighted by Crippen LogP contribution is 2.67. The van der Waals surface area contributed by atoms with Crippen molar-refractivity contribution >= 4 is 0 Å². The SMILES string of the molecule is COC(C)C1C2CC(C1OC)C1C3C=CC(C3)C21. The molecule has 4 aliphatic rings. The Morgan fingerprint density at radius 3 is 2.28 bits per heavy atom. The summed E-state index contributed by atoms with van der Waals surface area (Å²) < 4.78 is 11.5. The zero-order chi connectivity index (χ0) is 12.4. The highest BCUT2D eigenvalue weighted by atomic mass is 16.5. The third-order valence-corrected chi connectivity index (χ3v) is 6.60. The topological polar surface area (TPSA) is 18.5 Å². The standard InChI is InChI=1S/C16H24O2/c1-8(17-2)13-11-7-12(16(13)18-3)15-10-5-4-9(6-10)14(11)15/h4-5,8-16H,6-7H2,1-3H3. The van der Waals surface area contributed by atoms with Crippen LogP contribution in [0.5, 0.6) is 0 Å². The first-order valence-electron chi connectivity index (χ1n) is 7.50. The molecular weight excluding hydrogens is 224 g/mol. The van der Waals surface area contributed by atoms with E-state index in [0.717, 1.165) is 35.5 Å².